The second-order valence-corrected chi connectivity index (χ2v) is 4.38. The Bertz CT molecular complexity index is 508. The average molecular weight is 293 g/mol. The molecule has 3 amide bonds. The number of amides is 3. The number of hydrogen-bond donors (Lipinski definition) is 3. The van der Waals surface area contributed by atoms with Crippen molar-refractivity contribution in [3.8, 4) is 0 Å². The highest BCUT2D eigenvalue weighted by Crippen LogP contribution is 2.01. The van der Waals surface area contributed by atoms with Gasteiger partial charge in [0.1, 0.15) is 11.8 Å². The molecule has 1 rings (SSSR count). The number of nitrogens with two attached hydrogens (primary N) is 1. The maximum Gasteiger partial charge on any atom is 0.244 e. The van der Waals surface area contributed by atoms with Crippen molar-refractivity contribution in [1.29, 1.82) is 0 Å². The van der Waals surface area contributed by atoms with E-state index in [2.05, 4.69) is 10.6 Å². The van der Waals surface area contributed by atoms with Gasteiger partial charge in [-0.15, -0.1) is 0 Å². The highest BCUT2D eigenvalue weighted by molar-refractivity contribution is 5.94. The van der Waals surface area contributed by atoms with Gasteiger partial charge in [-0.05, 0) is 24.6 Å². The van der Waals surface area contributed by atoms with E-state index >= 15 is 0 Å². The normalized spacial score (nSPS) is 12.0. The number of nitrogens with one attached hydrogen (secondary N) is 2. The summed E-state index contributed by atoms with van der Waals surface area (Å²) in [5.41, 5.74) is 5.17. The predicted octanol–water partition coefficient (Wildman–Crippen LogP) is 0.179. The zero-order valence-corrected chi connectivity index (χ0v) is 11.8. The van der Waals surface area contributed by atoms with Crippen molar-refractivity contribution >= 4 is 23.8 Å². The second kappa shape index (κ2) is 8.57. The Morgan fingerprint density at radius 2 is 2.19 bits per heavy atom. The standard InChI is InChI=1S/C14H19N3O4/c1-2-4-11(14(15)20)17-13(19)9-16-12(18)7-6-10-5-3-8-21-10/h3,5-8,11H,2,4,9H2,1H3,(H2,15,20)(H,16,18)(H,17,19)/b7-6+/t11-/m1/s1. The lowest BCUT2D eigenvalue weighted by Gasteiger charge is -2.14. The first-order chi connectivity index (χ1) is 10.0. The van der Waals surface area contributed by atoms with Crippen molar-refractivity contribution in [3.05, 3.63) is 30.2 Å². The van der Waals surface area contributed by atoms with E-state index in [0.717, 1.165) is 0 Å². The van der Waals surface area contributed by atoms with E-state index in [0.29, 0.717) is 18.6 Å². The summed E-state index contributed by atoms with van der Waals surface area (Å²) in [7, 11) is 0. The smallest absolute Gasteiger partial charge is 0.244 e. The van der Waals surface area contributed by atoms with Crippen LogP contribution in [0.25, 0.3) is 6.08 Å². The van der Waals surface area contributed by atoms with Gasteiger partial charge < -0.3 is 20.8 Å². The van der Waals surface area contributed by atoms with E-state index in [1.807, 2.05) is 6.92 Å². The van der Waals surface area contributed by atoms with Gasteiger partial charge in [0.25, 0.3) is 0 Å². The van der Waals surface area contributed by atoms with Crippen molar-refractivity contribution in [2.24, 2.45) is 5.73 Å². The monoisotopic (exact) mass is 293 g/mol. The fraction of sp³-hybridized carbons (Fsp3) is 0.357. The third-order valence-corrected chi connectivity index (χ3v) is 2.62. The van der Waals surface area contributed by atoms with E-state index in [1.165, 1.54) is 18.4 Å². The molecule has 0 saturated heterocycles. The van der Waals surface area contributed by atoms with E-state index < -0.39 is 23.8 Å². The zero-order chi connectivity index (χ0) is 15.7. The summed E-state index contributed by atoms with van der Waals surface area (Å²) < 4.78 is 5.02. The minimum absolute atomic E-state index is 0.227. The van der Waals surface area contributed by atoms with Crippen LogP contribution in [-0.4, -0.2) is 30.3 Å². The van der Waals surface area contributed by atoms with Gasteiger partial charge in [0.05, 0.1) is 12.8 Å². The van der Waals surface area contributed by atoms with Crippen molar-refractivity contribution in [1.82, 2.24) is 10.6 Å². The van der Waals surface area contributed by atoms with E-state index in [-0.39, 0.29) is 6.54 Å². The quantitative estimate of drug-likeness (QED) is 0.593. The Hall–Kier alpha value is -2.57. The lowest BCUT2D eigenvalue weighted by molar-refractivity contribution is -0.128. The lowest BCUT2D eigenvalue weighted by atomic mass is 10.1. The Morgan fingerprint density at radius 1 is 1.43 bits per heavy atom. The Kier molecular flexibility index (Phi) is 6.73. The van der Waals surface area contributed by atoms with Crippen LogP contribution in [0, 0.1) is 0 Å². The molecule has 1 atom stereocenters. The summed E-state index contributed by atoms with van der Waals surface area (Å²) in [4.78, 5) is 34.2. The Morgan fingerprint density at radius 3 is 2.76 bits per heavy atom. The molecule has 0 fully saturated rings. The number of carbonyl (C=O) groups excluding carboxylic acids is 3. The molecule has 0 spiro atoms. The Balaban J connectivity index is 2.35. The average Bonchev–Trinajstić information content (AvgIpc) is 2.95. The maximum atomic E-state index is 11.6. The number of primary amides is 1. The molecule has 1 aromatic heterocycles. The molecule has 1 aromatic rings. The van der Waals surface area contributed by atoms with E-state index in [4.69, 9.17) is 10.2 Å². The number of rotatable bonds is 8. The number of hydrogen-bond acceptors (Lipinski definition) is 4. The van der Waals surface area contributed by atoms with Gasteiger partial charge in [-0.1, -0.05) is 13.3 Å². The van der Waals surface area contributed by atoms with Crippen LogP contribution in [0.15, 0.2) is 28.9 Å². The molecule has 7 heteroatoms. The van der Waals surface area contributed by atoms with E-state index in [9.17, 15) is 14.4 Å². The molecule has 0 bridgehead atoms. The third kappa shape index (κ3) is 6.42. The molecule has 7 nitrogen and oxygen atoms in total. The Labute approximate surface area is 122 Å². The molecule has 0 saturated carbocycles. The van der Waals surface area contributed by atoms with Gasteiger partial charge in [0, 0.05) is 6.08 Å². The van der Waals surface area contributed by atoms with Crippen molar-refractivity contribution in [2.75, 3.05) is 6.54 Å². The minimum Gasteiger partial charge on any atom is -0.465 e. The van der Waals surface area contributed by atoms with Crippen LogP contribution in [0.3, 0.4) is 0 Å². The molecule has 21 heavy (non-hydrogen) atoms. The van der Waals surface area contributed by atoms with Crippen LogP contribution in [0.5, 0.6) is 0 Å². The summed E-state index contributed by atoms with van der Waals surface area (Å²) in [6, 6.07) is 2.68. The molecular weight excluding hydrogens is 274 g/mol. The fourth-order valence-corrected chi connectivity index (χ4v) is 1.59. The molecule has 0 aromatic carbocycles. The molecule has 0 aliphatic heterocycles. The molecule has 0 aliphatic carbocycles. The molecule has 114 valence electrons. The van der Waals surface area contributed by atoms with E-state index in [1.54, 1.807) is 12.1 Å². The minimum atomic E-state index is -0.710. The topological polar surface area (TPSA) is 114 Å². The third-order valence-electron chi connectivity index (χ3n) is 2.62. The van der Waals surface area contributed by atoms with Crippen molar-refractivity contribution in [2.45, 2.75) is 25.8 Å². The van der Waals surface area contributed by atoms with Gasteiger partial charge in [0.2, 0.25) is 17.7 Å². The molecule has 0 unspecified atom stereocenters. The number of furan rings is 1. The summed E-state index contributed by atoms with van der Waals surface area (Å²) in [5, 5.41) is 4.87. The summed E-state index contributed by atoms with van der Waals surface area (Å²) >= 11 is 0. The predicted molar refractivity (Wildman–Crippen MR) is 76.8 cm³/mol. The van der Waals surface area contributed by atoms with Gasteiger partial charge in [-0.3, -0.25) is 14.4 Å². The van der Waals surface area contributed by atoms with Crippen LogP contribution < -0.4 is 16.4 Å². The van der Waals surface area contributed by atoms with Crippen molar-refractivity contribution in [3.63, 3.8) is 0 Å². The first-order valence-electron chi connectivity index (χ1n) is 6.61. The SMILES string of the molecule is CCC[C@@H](NC(=O)CNC(=O)/C=C/c1ccco1)C(N)=O. The van der Waals surface area contributed by atoms with Crippen LogP contribution in [0.4, 0.5) is 0 Å². The zero-order valence-electron chi connectivity index (χ0n) is 11.8. The molecule has 0 aliphatic rings. The largest absolute Gasteiger partial charge is 0.465 e. The highest BCUT2D eigenvalue weighted by atomic mass is 16.3. The maximum absolute atomic E-state index is 11.6. The molecular formula is C14H19N3O4. The fourth-order valence-electron chi connectivity index (χ4n) is 1.59. The van der Waals surface area contributed by atoms with Crippen LogP contribution in [0.2, 0.25) is 0 Å². The van der Waals surface area contributed by atoms with Gasteiger partial charge in [0.15, 0.2) is 0 Å². The summed E-state index contributed by atoms with van der Waals surface area (Å²) in [6.45, 7) is 1.65. The second-order valence-electron chi connectivity index (χ2n) is 4.38. The summed E-state index contributed by atoms with van der Waals surface area (Å²) in [6.07, 6.45) is 5.41. The molecule has 4 N–H and O–H groups in total. The summed E-state index contributed by atoms with van der Waals surface area (Å²) in [5.74, 6) is -0.958. The van der Waals surface area contributed by atoms with Gasteiger partial charge >= 0.3 is 0 Å². The first kappa shape index (κ1) is 16.5. The van der Waals surface area contributed by atoms with Gasteiger partial charge in [-0.25, -0.2) is 0 Å². The number of carbonyl (C=O) groups is 3. The van der Waals surface area contributed by atoms with Gasteiger partial charge in [-0.2, -0.15) is 0 Å². The van der Waals surface area contributed by atoms with Crippen molar-refractivity contribution < 1.29 is 18.8 Å². The van der Waals surface area contributed by atoms with Crippen LogP contribution in [0.1, 0.15) is 25.5 Å². The molecule has 0 radical (unpaired) electrons. The lowest BCUT2D eigenvalue weighted by Crippen LogP contribution is -2.47. The highest BCUT2D eigenvalue weighted by Gasteiger charge is 2.16. The first-order valence-corrected chi connectivity index (χ1v) is 6.61. The van der Waals surface area contributed by atoms with Crippen LogP contribution >= 0.6 is 0 Å². The van der Waals surface area contributed by atoms with Crippen LogP contribution in [-0.2, 0) is 14.4 Å². The molecule has 1 heterocycles.